The molecule has 0 fully saturated rings. The van der Waals surface area contributed by atoms with E-state index in [2.05, 4.69) is 4.90 Å². The van der Waals surface area contributed by atoms with Crippen LogP contribution in [0.25, 0.3) is 11.0 Å². The molecule has 4 aromatic rings. The fraction of sp³-hybridized carbons (Fsp3) is 0.222. The fourth-order valence-electron chi connectivity index (χ4n) is 4.35. The van der Waals surface area contributed by atoms with E-state index in [1.54, 1.807) is 7.11 Å². The highest BCUT2D eigenvalue weighted by Crippen LogP contribution is 2.40. The first-order valence-corrected chi connectivity index (χ1v) is 11.2. The van der Waals surface area contributed by atoms with Gasteiger partial charge in [-0.25, -0.2) is 4.79 Å². The SMILES string of the molecule is COc1ccc(CN2COc3c(Cl)cc4c(C)c(Cc5ccccc5)c(=O)oc4c3C2)cc1. The van der Waals surface area contributed by atoms with E-state index in [1.165, 1.54) is 0 Å². The number of fused-ring (bicyclic) bond motifs is 3. The van der Waals surface area contributed by atoms with Gasteiger partial charge >= 0.3 is 5.63 Å². The van der Waals surface area contributed by atoms with E-state index in [0.29, 0.717) is 48.2 Å². The van der Waals surface area contributed by atoms with Crippen LogP contribution in [0.1, 0.15) is 27.8 Å². The zero-order chi connectivity index (χ0) is 22.9. The number of aryl methyl sites for hydroxylation is 1. The Balaban J connectivity index is 1.51. The largest absolute Gasteiger partial charge is 0.497 e. The third-order valence-electron chi connectivity index (χ3n) is 6.14. The van der Waals surface area contributed by atoms with E-state index in [-0.39, 0.29) is 5.63 Å². The van der Waals surface area contributed by atoms with Crippen molar-refractivity contribution in [2.75, 3.05) is 13.8 Å². The maximum absolute atomic E-state index is 13.0. The van der Waals surface area contributed by atoms with Crippen molar-refractivity contribution in [2.24, 2.45) is 0 Å². The summed E-state index contributed by atoms with van der Waals surface area (Å²) in [5, 5.41) is 1.38. The highest BCUT2D eigenvalue weighted by molar-refractivity contribution is 6.33. The van der Waals surface area contributed by atoms with Crippen molar-refractivity contribution in [3.63, 3.8) is 0 Å². The van der Waals surface area contributed by atoms with E-state index >= 15 is 0 Å². The molecule has 1 aliphatic rings. The molecule has 0 N–H and O–H groups in total. The molecule has 0 saturated carbocycles. The van der Waals surface area contributed by atoms with Gasteiger partial charge in [0, 0.05) is 30.5 Å². The summed E-state index contributed by atoms with van der Waals surface area (Å²) in [6.07, 6.45) is 0.514. The lowest BCUT2D eigenvalue weighted by Crippen LogP contribution is -2.32. The molecule has 0 amide bonds. The molecule has 3 aromatic carbocycles. The number of ether oxygens (including phenoxy) is 2. The van der Waals surface area contributed by atoms with Crippen LogP contribution in [0.3, 0.4) is 0 Å². The Kier molecular flexibility index (Phi) is 5.83. The quantitative estimate of drug-likeness (QED) is 0.356. The zero-order valence-electron chi connectivity index (χ0n) is 18.6. The van der Waals surface area contributed by atoms with E-state index in [4.69, 9.17) is 25.5 Å². The highest BCUT2D eigenvalue weighted by atomic mass is 35.5. The second kappa shape index (κ2) is 8.93. The second-order valence-electron chi connectivity index (χ2n) is 8.31. The predicted octanol–water partition coefficient (Wildman–Crippen LogP) is 5.71. The number of rotatable bonds is 5. The monoisotopic (exact) mass is 461 g/mol. The van der Waals surface area contributed by atoms with Crippen LogP contribution in [0.2, 0.25) is 5.02 Å². The van der Waals surface area contributed by atoms with Crippen LogP contribution in [0.4, 0.5) is 0 Å². The third kappa shape index (κ3) is 4.22. The first kappa shape index (κ1) is 21.6. The molecule has 0 bridgehead atoms. The number of hydrogen-bond acceptors (Lipinski definition) is 5. The van der Waals surface area contributed by atoms with Crippen LogP contribution in [-0.4, -0.2) is 18.7 Å². The Bertz CT molecular complexity index is 1360. The van der Waals surface area contributed by atoms with E-state index in [0.717, 1.165) is 33.4 Å². The van der Waals surface area contributed by atoms with Crippen LogP contribution in [-0.2, 0) is 19.5 Å². The molecule has 1 aliphatic heterocycles. The standard InChI is InChI=1S/C27H24ClNO4/c1-17-21-13-24(28)26-23(15-29(16-32-26)14-19-8-10-20(31-2)11-9-19)25(21)33-27(30)22(17)12-18-6-4-3-5-7-18/h3-11,13H,12,14-16H2,1-2H3. The molecule has 6 heteroatoms. The topological polar surface area (TPSA) is 51.9 Å². The number of methoxy groups -OCH3 is 1. The molecular weight excluding hydrogens is 438 g/mol. The van der Waals surface area contributed by atoms with Crippen molar-refractivity contribution in [1.82, 2.24) is 4.90 Å². The Hall–Kier alpha value is -3.28. The van der Waals surface area contributed by atoms with Gasteiger partial charge in [-0.1, -0.05) is 54.1 Å². The summed E-state index contributed by atoms with van der Waals surface area (Å²) in [6.45, 7) is 3.62. The van der Waals surface area contributed by atoms with Gasteiger partial charge in [-0.05, 0) is 41.8 Å². The lowest BCUT2D eigenvalue weighted by molar-refractivity contribution is 0.0890. The van der Waals surface area contributed by atoms with Crippen LogP contribution < -0.4 is 15.1 Å². The van der Waals surface area contributed by atoms with Gasteiger partial charge in [-0.15, -0.1) is 0 Å². The summed E-state index contributed by atoms with van der Waals surface area (Å²) in [6, 6.07) is 19.7. The second-order valence-corrected chi connectivity index (χ2v) is 8.71. The van der Waals surface area contributed by atoms with Crippen LogP contribution >= 0.6 is 11.6 Å². The minimum atomic E-state index is -0.319. The lowest BCUT2D eigenvalue weighted by atomic mass is 9.97. The molecule has 0 aliphatic carbocycles. The van der Waals surface area contributed by atoms with Crippen LogP contribution in [0.15, 0.2) is 69.9 Å². The molecule has 168 valence electrons. The predicted molar refractivity (Wildman–Crippen MR) is 129 cm³/mol. The summed E-state index contributed by atoms with van der Waals surface area (Å²) >= 11 is 6.61. The maximum Gasteiger partial charge on any atom is 0.340 e. The third-order valence-corrected chi connectivity index (χ3v) is 6.42. The molecule has 2 heterocycles. The molecule has 1 aromatic heterocycles. The normalized spacial score (nSPS) is 13.5. The molecule has 33 heavy (non-hydrogen) atoms. The van der Waals surface area contributed by atoms with Crippen molar-refractivity contribution in [3.05, 3.63) is 104 Å². The Morgan fingerprint density at radius 2 is 1.82 bits per heavy atom. The van der Waals surface area contributed by atoms with Crippen molar-refractivity contribution < 1.29 is 13.9 Å². The molecule has 0 saturated heterocycles. The fourth-order valence-corrected chi connectivity index (χ4v) is 4.63. The minimum Gasteiger partial charge on any atom is -0.497 e. The van der Waals surface area contributed by atoms with Crippen LogP contribution in [0, 0.1) is 6.92 Å². The first-order chi connectivity index (χ1) is 16.0. The summed E-state index contributed by atoms with van der Waals surface area (Å²) in [5.41, 5.74) is 4.78. The smallest absolute Gasteiger partial charge is 0.340 e. The molecule has 5 rings (SSSR count). The van der Waals surface area contributed by atoms with Crippen molar-refractivity contribution in [3.8, 4) is 11.5 Å². The molecule has 0 atom stereocenters. The van der Waals surface area contributed by atoms with Gasteiger partial charge in [0.15, 0.2) is 0 Å². The van der Waals surface area contributed by atoms with Gasteiger partial charge in [-0.3, -0.25) is 4.90 Å². The van der Waals surface area contributed by atoms with E-state index in [9.17, 15) is 4.79 Å². The molecule has 5 nitrogen and oxygen atoms in total. The summed E-state index contributed by atoms with van der Waals surface area (Å²) in [7, 11) is 1.65. The van der Waals surface area contributed by atoms with Crippen molar-refractivity contribution in [1.29, 1.82) is 0 Å². The van der Waals surface area contributed by atoms with Gasteiger partial charge in [0.25, 0.3) is 0 Å². The van der Waals surface area contributed by atoms with E-state index in [1.807, 2.05) is 67.6 Å². The lowest BCUT2D eigenvalue weighted by Gasteiger charge is -2.30. The zero-order valence-corrected chi connectivity index (χ0v) is 19.3. The molecule has 0 spiro atoms. The average molecular weight is 462 g/mol. The highest BCUT2D eigenvalue weighted by Gasteiger charge is 2.26. The van der Waals surface area contributed by atoms with E-state index < -0.39 is 0 Å². The number of nitrogens with zero attached hydrogens (tertiary/aromatic N) is 1. The first-order valence-electron chi connectivity index (χ1n) is 10.8. The summed E-state index contributed by atoms with van der Waals surface area (Å²) in [4.78, 5) is 15.1. The van der Waals surface area contributed by atoms with Crippen LogP contribution in [0.5, 0.6) is 11.5 Å². The van der Waals surface area contributed by atoms with Gasteiger partial charge in [-0.2, -0.15) is 0 Å². The molecular formula is C27H24ClNO4. The minimum absolute atomic E-state index is 0.319. The summed E-state index contributed by atoms with van der Waals surface area (Å²) < 4.78 is 17.1. The molecule has 0 radical (unpaired) electrons. The number of benzene rings is 3. The molecule has 0 unspecified atom stereocenters. The number of hydrogen-bond donors (Lipinski definition) is 0. The Labute approximate surface area is 197 Å². The van der Waals surface area contributed by atoms with Crippen molar-refractivity contribution >= 4 is 22.6 Å². The van der Waals surface area contributed by atoms with Gasteiger partial charge in [0.1, 0.15) is 23.8 Å². The van der Waals surface area contributed by atoms with Gasteiger partial charge < -0.3 is 13.9 Å². The average Bonchev–Trinajstić information content (AvgIpc) is 2.84. The Morgan fingerprint density at radius 1 is 1.06 bits per heavy atom. The van der Waals surface area contributed by atoms with Gasteiger partial charge in [0.2, 0.25) is 0 Å². The maximum atomic E-state index is 13.0. The van der Waals surface area contributed by atoms with Gasteiger partial charge in [0.05, 0.1) is 17.7 Å². The van der Waals surface area contributed by atoms with Crippen molar-refractivity contribution in [2.45, 2.75) is 26.4 Å². The summed E-state index contributed by atoms with van der Waals surface area (Å²) in [5.74, 6) is 1.41. The Morgan fingerprint density at radius 3 is 2.55 bits per heavy atom. The number of halogens is 1.